The monoisotopic (exact) mass is 273 g/mol. The summed E-state index contributed by atoms with van der Waals surface area (Å²) < 4.78 is 14.0. The molecule has 3 N–H and O–H groups in total. The summed E-state index contributed by atoms with van der Waals surface area (Å²) in [5.74, 6) is 5.13. The van der Waals surface area contributed by atoms with Crippen LogP contribution in [0.25, 0.3) is 0 Å². The second kappa shape index (κ2) is 5.50. The molecule has 1 aromatic heterocycles. The van der Waals surface area contributed by atoms with Crippen molar-refractivity contribution < 1.29 is 9.23 Å². The van der Waals surface area contributed by atoms with E-state index in [1.165, 1.54) is 6.33 Å². The summed E-state index contributed by atoms with van der Waals surface area (Å²) in [7, 11) is 0. The Morgan fingerprint density at radius 3 is 2.70 bits per heavy atom. The number of hydrogen-bond acceptors (Lipinski definition) is 6. The number of nitrogens with zero attached hydrogens (tertiary/aromatic N) is 3. The minimum atomic E-state index is -0.533. The van der Waals surface area contributed by atoms with Gasteiger partial charge in [0, 0.05) is 0 Å². The molecular weight excluding hydrogens is 261 g/mol. The van der Waals surface area contributed by atoms with E-state index >= 15 is 0 Å². The number of nitriles is 1. The molecule has 0 bridgehead atoms. The summed E-state index contributed by atoms with van der Waals surface area (Å²) in [6, 6.07) is 4.64. The normalized spacial score (nSPS) is 9.95. The number of benzene rings is 1. The molecule has 0 aliphatic carbocycles. The Labute approximate surface area is 115 Å². The smallest absolute Gasteiger partial charge is 0.245 e. The molecule has 0 radical (unpaired) electrons. The van der Waals surface area contributed by atoms with Crippen LogP contribution >= 0.6 is 0 Å². The van der Waals surface area contributed by atoms with Gasteiger partial charge in [-0.1, -0.05) is 0 Å². The number of nitrogens with two attached hydrogens (primary N) is 1. The molecule has 0 unspecified atom stereocenters. The highest BCUT2D eigenvalue weighted by Gasteiger charge is 2.13. The van der Waals surface area contributed by atoms with Gasteiger partial charge in [0.15, 0.2) is 0 Å². The number of halogens is 1. The molecule has 0 aliphatic rings. The first-order valence-corrected chi connectivity index (χ1v) is 5.72. The van der Waals surface area contributed by atoms with Gasteiger partial charge in [-0.15, -0.1) is 0 Å². The Balaban J connectivity index is 2.43. The maximum absolute atomic E-state index is 14.0. The summed E-state index contributed by atoms with van der Waals surface area (Å²) in [5.41, 5.74) is 1.65. The van der Waals surface area contributed by atoms with Crippen LogP contribution in [-0.4, -0.2) is 9.97 Å². The standard InChI is InChI=1S/C13H12FN5O/c1-7-3-9(5-15)4-10(14)11(7)19-12-8(2)13(20-16)18-6-17-12/h3-4,6H,16H2,1-2H3,(H,17,18,19). The minimum absolute atomic E-state index is 0.203. The Morgan fingerprint density at radius 2 is 2.10 bits per heavy atom. The van der Waals surface area contributed by atoms with Crippen molar-refractivity contribution >= 4 is 11.5 Å². The molecule has 0 aliphatic heterocycles. The maximum Gasteiger partial charge on any atom is 0.245 e. The van der Waals surface area contributed by atoms with Crippen molar-refractivity contribution in [1.29, 1.82) is 5.26 Å². The van der Waals surface area contributed by atoms with Gasteiger partial charge >= 0.3 is 0 Å². The zero-order valence-corrected chi connectivity index (χ0v) is 10.9. The second-order valence-electron chi connectivity index (χ2n) is 4.16. The van der Waals surface area contributed by atoms with Gasteiger partial charge in [-0.05, 0) is 31.5 Å². The molecule has 0 atom stereocenters. The van der Waals surface area contributed by atoms with Crippen molar-refractivity contribution in [3.63, 3.8) is 0 Å². The molecular formula is C13H12FN5O. The Morgan fingerprint density at radius 1 is 1.35 bits per heavy atom. The molecule has 1 heterocycles. The fourth-order valence-electron chi connectivity index (χ4n) is 1.76. The molecule has 7 heteroatoms. The largest absolute Gasteiger partial charge is 0.391 e. The van der Waals surface area contributed by atoms with Gasteiger partial charge in [0.2, 0.25) is 5.88 Å². The lowest BCUT2D eigenvalue weighted by Crippen LogP contribution is -2.08. The lowest BCUT2D eigenvalue weighted by molar-refractivity contribution is 0.318. The van der Waals surface area contributed by atoms with Crippen LogP contribution in [0.5, 0.6) is 5.88 Å². The van der Waals surface area contributed by atoms with Gasteiger partial charge < -0.3 is 10.2 Å². The molecule has 0 amide bonds. The average molecular weight is 273 g/mol. The van der Waals surface area contributed by atoms with E-state index in [1.807, 2.05) is 6.07 Å². The summed E-state index contributed by atoms with van der Waals surface area (Å²) in [5, 5.41) is 11.7. The van der Waals surface area contributed by atoms with E-state index in [0.717, 1.165) is 6.07 Å². The highest BCUT2D eigenvalue weighted by molar-refractivity contribution is 5.65. The third kappa shape index (κ3) is 2.50. The zero-order valence-electron chi connectivity index (χ0n) is 10.9. The quantitative estimate of drug-likeness (QED) is 0.831. The van der Waals surface area contributed by atoms with Gasteiger partial charge in [-0.2, -0.15) is 16.1 Å². The van der Waals surface area contributed by atoms with E-state index in [4.69, 9.17) is 11.2 Å². The number of anilines is 2. The molecule has 2 rings (SSSR count). The number of rotatable bonds is 3. The predicted molar refractivity (Wildman–Crippen MR) is 70.7 cm³/mol. The summed E-state index contributed by atoms with van der Waals surface area (Å²) in [4.78, 5) is 12.4. The van der Waals surface area contributed by atoms with E-state index < -0.39 is 5.82 Å². The van der Waals surface area contributed by atoms with Gasteiger partial charge in [0.05, 0.1) is 22.9 Å². The van der Waals surface area contributed by atoms with Crippen molar-refractivity contribution in [2.24, 2.45) is 5.90 Å². The summed E-state index contributed by atoms with van der Waals surface area (Å²) in [6.45, 7) is 3.39. The van der Waals surface area contributed by atoms with Crippen LogP contribution in [-0.2, 0) is 0 Å². The van der Waals surface area contributed by atoms with Gasteiger partial charge in [-0.3, -0.25) is 0 Å². The Hall–Kier alpha value is -2.72. The Bertz CT molecular complexity index is 673. The van der Waals surface area contributed by atoms with E-state index in [-0.39, 0.29) is 17.1 Å². The van der Waals surface area contributed by atoms with Crippen LogP contribution in [0, 0.1) is 31.0 Å². The number of nitrogens with one attached hydrogen (secondary N) is 1. The molecule has 0 saturated carbocycles. The minimum Gasteiger partial charge on any atom is -0.391 e. The highest BCUT2D eigenvalue weighted by atomic mass is 19.1. The summed E-state index contributed by atoms with van der Waals surface area (Å²) >= 11 is 0. The molecule has 0 fully saturated rings. The van der Waals surface area contributed by atoms with Crippen LogP contribution in [0.4, 0.5) is 15.9 Å². The number of hydrogen-bond donors (Lipinski definition) is 2. The van der Waals surface area contributed by atoms with Crippen molar-refractivity contribution in [1.82, 2.24) is 9.97 Å². The zero-order chi connectivity index (χ0) is 14.7. The van der Waals surface area contributed by atoms with Crippen LogP contribution in [0.15, 0.2) is 18.5 Å². The fraction of sp³-hybridized carbons (Fsp3) is 0.154. The van der Waals surface area contributed by atoms with Crippen molar-refractivity contribution in [2.45, 2.75) is 13.8 Å². The molecule has 20 heavy (non-hydrogen) atoms. The SMILES string of the molecule is Cc1cc(C#N)cc(F)c1Nc1ncnc(ON)c1C. The number of aromatic nitrogens is 2. The fourth-order valence-corrected chi connectivity index (χ4v) is 1.76. The van der Waals surface area contributed by atoms with Gasteiger partial charge in [-0.25, -0.2) is 9.37 Å². The molecule has 0 spiro atoms. The maximum atomic E-state index is 14.0. The highest BCUT2D eigenvalue weighted by Crippen LogP contribution is 2.27. The van der Waals surface area contributed by atoms with E-state index in [9.17, 15) is 4.39 Å². The average Bonchev–Trinajstić information content (AvgIpc) is 2.44. The Kier molecular flexibility index (Phi) is 3.77. The van der Waals surface area contributed by atoms with Crippen molar-refractivity contribution in [3.8, 4) is 11.9 Å². The van der Waals surface area contributed by atoms with Crippen LogP contribution in [0.3, 0.4) is 0 Å². The first-order valence-electron chi connectivity index (χ1n) is 5.72. The van der Waals surface area contributed by atoms with E-state index in [1.54, 1.807) is 19.9 Å². The summed E-state index contributed by atoms with van der Waals surface area (Å²) in [6.07, 6.45) is 1.26. The second-order valence-corrected chi connectivity index (χ2v) is 4.16. The first kappa shape index (κ1) is 13.7. The molecule has 0 saturated heterocycles. The first-order chi connectivity index (χ1) is 9.56. The van der Waals surface area contributed by atoms with Crippen molar-refractivity contribution in [2.75, 3.05) is 5.32 Å². The molecule has 2 aromatic rings. The lowest BCUT2D eigenvalue weighted by Gasteiger charge is -2.13. The van der Waals surface area contributed by atoms with Crippen LogP contribution < -0.4 is 16.1 Å². The molecule has 102 valence electrons. The van der Waals surface area contributed by atoms with Crippen LogP contribution in [0.2, 0.25) is 0 Å². The van der Waals surface area contributed by atoms with E-state index in [2.05, 4.69) is 20.1 Å². The van der Waals surface area contributed by atoms with Crippen molar-refractivity contribution in [3.05, 3.63) is 41.0 Å². The van der Waals surface area contributed by atoms with Gasteiger partial charge in [0.1, 0.15) is 18.0 Å². The topological polar surface area (TPSA) is 96.8 Å². The predicted octanol–water partition coefficient (Wildman–Crippen LogP) is 2.10. The van der Waals surface area contributed by atoms with Crippen LogP contribution in [0.1, 0.15) is 16.7 Å². The van der Waals surface area contributed by atoms with Gasteiger partial charge in [0.25, 0.3) is 0 Å². The third-order valence-corrected chi connectivity index (χ3v) is 2.81. The lowest BCUT2D eigenvalue weighted by atomic mass is 10.1. The molecule has 1 aromatic carbocycles. The number of aryl methyl sites for hydroxylation is 1. The molecule has 6 nitrogen and oxygen atoms in total. The van der Waals surface area contributed by atoms with E-state index in [0.29, 0.717) is 16.9 Å². The third-order valence-electron chi connectivity index (χ3n) is 2.81.